The van der Waals surface area contributed by atoms with Crippen LogP contribution in [0.5, 0.6) is 0 Å². The molecule has 0 bridgehead atoms. The average Bonchev–Trinajstić information content (AvgIpc) is 3.17. The number of aryl methyl sites for hydroxylation is 2. The zero-order valence-electron chi connectivity index (χ0n) is 18.3. The van der Waals surface area contributed by atoms with Crippen molar-refractivity contribution in [2.24, 2.45) is 5.84 Å². The molecule has 2 heterocycles. The molecule has 2 aromatic heterocycles. The molecular formula is C19H37N9O3. The standard InChI is InChI=1S/C19H37N9O3/c1-25(20)19(11-21-5-2-8-29)16-26(13-18-15-27(23-18)6-3-9-30)12-17-14-28(24-22-17)7-4-10-31/h11,14-15,21,23,29-31H,2-10,12-13,16,20H2,1H3/b19-11-. The van der Waals surface area contributed by atoms with Gasteiger partial charge in [-0.1, -0.05) is 5.21 Å². The molecular weight excluding hydrogens is 402 g/mol. The molecule has 0 saturated carbocycles. The highest BCUT2D eigenvalue weighted by atomic mass is 16.3. The third-order valence-electron chi connectivity index (χ3n) is 4.65. The first-order valence-electron chi connectivity index (χ1n) is 10.6. The van der Waals surface area contributed by atoms with Crippen molar-refractivity contribution >= 4 is 0 Å². The summed E-state index contributed by atoms with van der Waals surface area (Å²) in [5.41, 5.74) is 2.79. The third kappa shape index (κ3) is 9.11. The number of hydrogen-bond acceptors (Lipinski definition) is 9. The van der Waals surface area contributed by atoms with E-state index < -0.39 is 0 Å². The smallest absolute Gasteiger partial charge is 0.0967 e. The minimum Gasteiger partial charge on any atom is -0.396 e. The van der Waals surface area contributed by atoms with Crippen LogP contribution in [0.1, 0.15) is 30.7 Å². The first-order valence-corrected chi connectivity index (χ1v) is 10.6. The van der Waals surface area contributed by atoms with Crippen molar-refractivity contribution < 1.29 is 15.3 Å². The number of nitrogens with zero attached hydrogens (tertiary/aromatic N) is 6. The molecule has 2 aromatic rings. The van der Waals surface area contributed by atoms with Crippen molar-refractivity contribution in [2.45, 2.75) is 45.4 Å². The van der Waals surface area contributed by atoms with Gasteiger partial charge in [-0.25, -0.2) is 5.84 Å². The second-order valence-electron chi connectivity index (χ2n) is 7.51. The Morgan fingerprint density at radius 2 is 1.84 bits per heavy atom. The van der Waals surface area contributed by atoms with Gasteiger partial charge in [0.2, 0.25) is 0 Å². The molecule has 12 nitrogen and oxygen atoms in total. The topological polar surface area (TPSA) is 157 Å². The van der Waals surface area contributed by atoms with E-state index in [9.17, 15) is 0 Å². The van der Waals surface area contributed by atoms with Crippen LogP contribution in [0, 0.1) is 0 Å². The van der Waals surface area contributed by atoms with Crippen LogP contribution in [0.25, 0.3) is 0 Å². The van der Waals surface area contributed by atoms with Gasteiger partial charge >= 0.3 is 0 Å². The number of aliphatic hydroxyl groups is 3. The number of hydrogen-bond donors (Lipinski definition) is 6. The number of rotatable bonds is 17. The monoisotopic (exact) mass is 439 g/mol. The lowest BCUT2D eigenvalue weighted by Gasteiger charge is -2.27. The fourth-order valence-electron chi connectivity index (χ4n) is 3.06. The number of aliphatic hydroxyl groups excluding tert-OH is 3. The van der Waals surface area contributed by atoms with Gasteiger partial charge in [0.05, 0.1) is 17.1 Å². The van der Waals surface area contributed by atoms with Crippen LogP contribution >= 0.6 is 0 Å². The lowest BCUT2D eigenvalue weighted by atomic mass is 10.3. The molecule has 176 valence electrons. The number of nitrogens with two attached hydrogens (primary N) is 1. The first kappa shape index (κ1) is 24.9. The predicted octanol–water partition coefficient (Wildman–Crippen LogP) is -1.21. The van der Waals surface area contributed by atoms with Gasteiger partial charge in [-0.2, -0.15) is 0 Å². The zero-order chi connectivity index (χ0) is 22.5. The number of likely N-dealkylation sites (N-methyl/N-ethyl adjacent to an activating group) is 1. The highest BCUT2D eigenvalue weighted by Crippen LogP contribution is 2.12. The second-order valence-corrected chi connectivity index (χ2v) is 7.51. The molecule has 0 aliphatic heterocycles. The Labute approximate surface area is 182 Å². The first-order chi connectivity index (χ1) is 15.0. The maximum Gasteiger partial charge on any atom is 0.0967 e. The van der Waals surface area contributed by atoms with E-state index in [1.165, 1.54) is 0 Å². The summed E-state index contributed by atoms with van der Waals surface area (Å²) in [4.78, 5) is 2.20. The zero-order valence-corrected chi connectivity index (χ0v) is 18.3. The van der Waals surface area contributed by atoms with Crippen LogP contribution in [0.15, 0.2) is 24.3 Å². The maximum atomic E-state index is 9.00. The average molecular weight is 440 g/mol. The van der Waals surface area contributed by atoms with Crippen LogP contribution < -0.4 is 11.2 Å². The maximum absolute atomic E-state index is 9.00. The minimum absolute atomic E-state index is 0.119. The van der Waals surface area contributed by atoms with Gasteiger partial charge in [-0.15, -0.1) is 5.10 Å². The van der Waals surface area contributed by atoms with Crippen molar-refractivity contribution in [1.82, 2.24) is 40.0 Å². The quantitative estimate of drug-likeness (QED) is 0.101. The number of aromatic amines is 1. The Morgan fingerprint density at radius 1 is 1.13 bits per heavy atom. The van der Waals surface area contributed by atoms with E-state index in [-0.39, 0.29) is 19.8 Å². The Kier molecular flexibility index (Phi) is 11.1. The summed E-state index contributed by atoms with van der Waals surface area (Å²) >= 11 is 0. The molecule has 0 unspecified atom stereocenters. The van der Waals surface area contributed by atoms with E-state index in [2.05, 4.69) is 25.6 Å². The minimum atomic E-state index is 0.119. The predicted molar refractivity (Wildman–Crippen MR) is 116 cm³/mol. The van der Waals surface area contributed by atoms with Crippen molar-refractivity contribution in [3.63, 3.8) is 0 Å². The number of nitrogens with one attached hydrogen (secondary N) is 2. The molecule has 0 amide bonds. The third-order valence-corrected chi connectivity index (χ3v) is 4.65. The summed E-state index contributed by atoms with van der Waals surface area (Å²) in [7, 11) is 1.79. The van der Waals surface area contributed by atoms with E-state index >= 15 is 0 Å². The molecule has 0 aliphatic carbocycles. The van der Waals surface area contributed by atoms with Gasteiger partial charge in [-0.3, -0.25) is 14.3 Å². The van der Waals surface area contributed by atoms with Crippen LogP contribution in [-0.4, -0.2) is 90.0 Å². The summed E-state index contributed by atoms with van der Waals surface area (Å²) in [6.45, 7) is 4.30. The normalized spacial score (nSPS) is 12.1. The van der Waals surface area contributed by atoms with Gasteiger partial charge in [-0.05, 0) is 19.3 Å². The fraction of sp³-hybridized carbons (Fsp3) is 0.684. The number of H-pyrrole nitrogens is 1. The van der Waals surface area contributed by atoms with Crippen molar-refractivity contribution in [3.8, 4) is 0 Å². The van der Waals surface area contributed by atoms with E-state index in [0.29, 0.717) is 52.0 Å². The lowest BCUT2D eigenvalue weighted by molar-refractivity contribution is 0.235. The van der Waals surface area contributed by atoms with Crippen LogP contribution in [0.3, 0.4) is 0 Å². The van der Waals surface area contributed by atoms with Crippen molar-refractivity contribution in [3.05, 3.63) is 35.7 Å². The molecule has 0 spiro atoms. The summed E-state index contributed by atoms with van der Waals surface area (Å²) < 4.78 is 3.70. The number of aromatic nitrogens is 5. The Morgan fingerprint density at radius 3 is 2.52 bits per heavy atom. The fourth-order valence-corrected chi connectivity index (χ4v) is 3.06. The van der Waals surface area contributed by atoms with Crippen LogP contribution in [0.2, 0.25) is 0 Å². The van der Waals surface area contributed by atoms with Crippen molar-refractivity contribution in [2.75, 3.05) is 40.0 Å². The molecule has 0 aromatic carbocycles. The van der Waals surface area contributed by atoms with Gasteiger partial charge < -0.3 is 30.7 Å². The molecule has 7 N–H and O–H groups in total. The van der Waals surface area contributed by atoms with Gasteiger partial charge in [0.25, 0.3) is 0 Å². The summed E-state index contributed by atoms with van der Waals surface area (Å²) in [5.74, 6) is 6.04. The molecule has 2 rings (SSSR count). The largest absolute Gasteiger partial charge is 0.396 e. The molecule has 12 heteroatoms. The second kappa shape index (κ2) is 13.8. The van der Waals surface area contributed by atoms with E-state index in [1.54, 1.807) is 16.7 Å². The molecule has 0 saturated heterocycles. The van der Waals surface area contributed by atoms with Gasteiger partial charge in [0.15, 0.2) is 0 Å². The Hall–Kier alpha value is -2.38. The lowest BCUT2D eigenvalue weighted by Crippen LogP contribution is -2.36. The Bertz CT molecular complexity index is 741. The molecule has 0 atom stereocenters. The van der Waals surface area contributed by atoms with E-state index in [4.69, 9.17) is 21.2 Å². The van der Waals surface area contributed by atoms with Crippen LogP contribution in [-0.2, 0) is 26.2 Å². The van der Waals surface area contributed by atoms with Crippen molar-refractivity contribution in [1.29, 1.82) is 0 Å². The molecule has 0 radical (unpaired) electrons. The summed E-state index contributed by atoms with van der Waals surface area (Å²) in [6, 6.07) is 0. The SMILES string of the molecule is CN(N)/C(=C\NCCCO)CN(Cc1cn(CCCO)nn1)Cc1cn(CCCO)[nH]1. The van der Waals surface area contributed by atoms with Gasteiger partial charge in [0.1, 0.15) is 0 Å². The van der Waals surface area contributed by atoms with E-state index in [1.807, 2.05) is 23.3 Å². The molecule has 31 heavy (non-hydrogen) atoms. The summed E-state index contributed by atoms with van der Waals surface area (Å²) in [6.07, 6.45) is 7.82. The van der Waals surface area contributed by atoms with Crippen LogP contribution in [0.4, 0.5) is 0 Å². The van der Waals surface area contributed by atoms with E-state index in [0.717, 1.165) is 23.6 Å². The summed E-state index contributed by atoms with van der Waals surface area (Å²) in [5, 5.41) is 43.4. The highest BCUT2D eigenvalue weighted by Gasteiger charge is 2.15. The highest BCUT2D eigenvalue weighted by molar-refractivity contribution is 5.05. The van der Waals surface area contributed by atoms with Gasteiger partial charge in [0, 0.05) is 84.7 Å². The molecule has 0 fully saturated rings. The molecule has 0 aliphatic rings. The number of hydrazine groups is 1. The Balaban J connectivity index is 2.05.